The van der Waals surface area contributed by atoms with Gasteiger partial charge in [-0.25, -0.2) is 0 Å². The van der Waals surface area contributed by atoms with E-state index in [9.17, 15) is 9.59 Å². The summed E-state index contributed by atoms with van der Waals surface area (Å²) in [6, 6.07) is 5.80. The van der Waals surface area contributed by atoms with E-state index in [0.717, 1.165) is 16.7 Å². The molecule has 1 aromatic carbocycles. The van der Waals surface area contributed by atoms with Gasteiger partial charge in [-0.3, -0.25) is 9.59 Å². The van der Waals surface area contributed by atoms with E-state index >= 15 is 0 Å². The lowest BCUT2D eigenvalue weighted by molar-refractivity contribution is -0.146. The normalized spacial score (nSPS) is 16.1. The molecule has 20 heavy (non-hydrogen) atoms. The first-order valence-electron chi connectivity index (χ1n) is 6.98. The minimum Gasteiger partial charge on any atom is -0.469 e. The molecule has 0 unspecified atom stereocenters. The second kappa shape index (κ2) is 6.07. The molecule has 1 saturated heterocycles. The van der Waals surface area contributed by atoms with E-state index in [-0.39, 0.29) is 17.8 Å². The number of hydrogen-bond acceptors (Lipinski definition) is 3. The maximum Gasteiger partial charge on any atom is 0.308 e. The Morgan fingerprint density at radius 3 is 2.45 bits per heavy atom. The topological polar surface area (TPSA) is 46.6 Å². The van der Waals surface area contributed by atoms with Crippen molar-refractivity contribution in [2.75, 3.05) is 20.2 Å². The Labute approximate surface area is 119 Å². The second-order valence-corrected chi connectivity index (χ2v) is 5.34. The van der Waals surface area contributed by atoms with Crippen molar-refractivity contribution in [1.29, 1.82) is 0 Å². The van der Waals surface area contributed by atoms with E-state index in [1.165, 1.54) is 7.11 Å². The number of amides is 1. The summed E-state index contributed by atoms with van der Waals surface area (Å²) in [6.45, 7) is 5.22. The number of carbonyl (C=O) groups is 2. The Kier molecular flexibility index (Phi) is 4.42. The average molecular weight is 275 g/mol. The molecule has 4 nitrogen and oxygen atoms in total. The molecule has 1 amide bonds. The smallest absolute Gasteiger partial charge is 0.308 e. The second-order valence-electron chi connectivity index (χ2n) is 5.34. The zero-order chi connectivity index (χ0) is 14.7. The lowest BCUT2D eigenvalue weighted by atomic mass is 9.95. The van der Waals surface area contributed by atoms with Crippen molar-refractivity contribution in [3.8, 4) is 0 Å². The molecule has 0 saturated carbocycles. The van der Waals surface area contributed by atoms with Gasteiger partial charge in [0.1, 0.15) is 0 Å². The highest BCUT2D eigenvalue weighted by Gasteiger charge is 2.28. The van der Waals surface area contributed by atoms with Crippen LogP contribution >= 0.6 is 0 Å². The lowest BCUT2D eigenvalue weighted by Gasteiger charge is -2.31. The summed E-state index contributed by atoms with van der Waals surface area (Å²) in [7, 11) is 1.41. The number of ether oxygens (including phenoxy) is 1. The third-order valence-corrected chi connectivity index (χ3v) is 4.15. The number of hydrogen-bond donors (Lipinski definition) is 0. The molecule has 0 aromatic heterocycles. The van der Waals surface area contributed by atoms with Gasteiger partial charge < -0.3 is 9.64 Å². The molecule has 0 bridgehead atoms. The fourth-order valence-electron chi connectivity index (χ4n) is 2.64. The monoisotopic (exact) mass is 275 g/mol. The van der Waals surface area contributed by atoms with Crippen molar-refractivity contribution in [3.63, 3.8) is 0 Å². The number of methoxy groups -OCH3 is 1. The summed E-state index contributed by atoms with van der Waals surface area (Å²) >= 11 is 0. The van der Waals surface area contributed by atoms with Crippen LogP contribution in [0.25, 0.3) is 0 Å². The summed E-state index contributed by atoms with van der Waals surface area (Å²) in [5, 5.41) is 0. The highest BCUT2D eigenvalue weighted by atomic mass is 16.5. The zero-order valence-electron chi connectivity index (χ0n) is 12.3. The van der Waals surface area contributed by atoms with Crippen molar-refractivity contribution in [3.05, 3.63) is 34.9 Å². The van der Waals surface area contributed by atoms with Gasteiger partial charge in [-0.15, -0.1) is 0 Å². The highest BCUT2D eigenvalue weighted by Crippen LogP contribution is 2.22. The number of esters is 1. The standard InChI is InChI=1S/C16H21NO3/c1-11-5-4-6-14(12(11)2)15(18)17-9-7-13(8-10-17)16(19)20-3/h4-6,13H,7-10H2,1-3H3. The molecule has 0 aliphatic carbocycles. The van der Waals surface area contributed by atoms with Gasteiger partial charge in [-0.05, 0) is 43.9 Å². The first kappa shape index (κ1) is 14.6. The van der Waals surface area contributed by atoms with Gasteiger partial charge in [-0.2, -0.15) is 0 Å². The Morgan fingerprint density at radius 1 is 1.20 bits per heavy atom. The third-order valence-electron chi connectivity index (χ3n) is 4.15. The van der Waals surface area contributed by atoms with Gasteiger partial charge in [0.15, 0.2) is 0 Å². The van der Waals surface area contributed by atoms with E-state index in [1.807, 2.05) is 36.9 Å². The molecule has 0 N–H and O–H groups in total. The number of likely N-dealkylation sites (tertiary alicyclic amines) is 1. The van der Waals surface area contributed by atoms with Crippen LogP contribution in [0.4, 0.5) is 0 Å². The van der Waals surface area contributed by atoms with Crippen LogP contribution in [0.5, 0.6) is 0 Å². The highest BCUT2D eigenvalue weighted by molar-refractivity contribution is 5.96. The van der Waals surface area contributed by atoms with Gasteiger partial charge in [-0.1, -0.05) is 12.1 Å². The Bertz CT molecular complexity index is 516. The van der Waals surface area contributed by atoms with Gasteiger partial charge in [0.25, 0.3) is 5.91 Å². The summed E-state index contributed by atoms with van der Waals surface area (Å²) in [6.07, 6.45) is 1.37. The molecular formula is C16H21NO3. The predicted molar refractivity (Wildman–Crippen MR) is 76.6 cm³/mol. The molecule has 0 radical (unpaired) electrons. The SMILES string of the molecule is COC(=O)C1CCN(C(=O)c2cccc(C)c2C)CC1. The molecule has 0 spiro atoms. The van der Waals surface area contributed by atoms with Crippen LogP contribution in [0.15, 0.2) is 18.2 Å². The van der Waals surface area contributed by atoms with Crippen LogP contribution in [0.3, 0.4) is 0 Å². The Hall–Kier alpha value is -1.84. The van der Waals surface area contributed by atoms with Crippen LogP contribution in [-0.2, 0) is 9.53 Å². The average Bonchev–Trinajstić information content (AvgIpc) is 2.48. The van der Waals surface area contributed by atoms with Gasteiger partial charge in [0, 0.05) is 18.7 Å². The third kappa shape index (κ3) is 2.84. The summed E-state index contributed by atoms with van der Waals surface area (Å²) < 4.78 is 4.76. The van der Waals surface area contributed by atoms with Crippen LogP contribution in [-0.4, -0.2) is 37.0 Å². The van der Waals surface area contributed by atoms with Crippen molar-refractivity contribution in [2.45, 2.75) is 26.7 Å². The van der Waals surface area contributed by atoms with E-state index in [0.29, 0.717) is 25.9 Å². The zero-order valence-corrected chi connectivity index (χ0v) is 12.3. The van der Waals surface area contributed by atoms with Crippen molar-refractivity contribution >= 4 is 11.9 Å². The predicted octanol–water partition coefficient (Wildman–Crippen LogP) is 2.33. The van der Waals surface area contributed by atoms with Gasteiger partial charge >= 0.3 is 5.97 Å². The lowest BCUT2D eigenvalue weighted by Crippen LogP contribution is -2.40. The Balaban J connectivity index is 2.05. The number of carbonyl (C=O) groups excluding carboxylic acids is 2. The molecule has 2 rings (SSSR count). The molecule has 1 aliphatic heterocycles. The molecule has 1 heterocycles. The number of rotatable bonds is 2. The largest absolute Gasteiger partial charge is 0.469 e. The fraction of sp³-hybridized carbons (Fsp3) is 0.500. The van der Waals surface area contributed by atoms with Crippen molar-refractivity contribution in [1.82, 2.24) is 4.90 Å². The molecule has 108 valence electrons. The molecule has 0 atom stereocenters. The maximum absolute atomic E-state index is 12.5. The van der Waals surface area contributed by atoms with Crippen molar-refractivity contribution in [2.24, 2.45) is 5.92 Å². The number of nitrogens with zero attached hydrogens (tertiary/aromatic N) is 1. The number of piperidine rings is 1. The van der Waals surface area contributed by atoms with E-state index in [1.54, 1.807) is 0 Å². The molecule has 1 aromatic rings. The molecule has 1 aliphatic rings. The first-order valence-corrected chi connectivity index (χ1v) is 6.98. The molecular weight excluding hydrogens is 254 g/mol. The van der Waals surface area contributed by atoms with Gasteiger partial charge in [0.2, 0.25) is 0 Å². The fourth-order valence-corrected chi connectivity index (χ4v) is 2.64. The number of aryl methyl sites for hydroxylation is 1. The van der Waals surface area contributed by atoms with Crippen LogP contribution in [0.1, 0.15) is 34.3 Å². The van der Waals surface area contributed by atoms with E-state index < -0.39 is 0 Å². The van der Waals surface area contributed by atoms with Crippen LogP contribution in [0.2, 0.25) is 0 Å². The molecule has 4 heteroatoms. The van der Waals surface area contributed by atoms with E-state index in [2.05, 4.69) is 0 Å². The number of benzene rings is 1. The van der Waals surface area contributed by atoms with Gasteiger partial charge in [0.05, 0.1) is 13.0 Å². The maximum atomic E-state index is 12.5. The minimum atomic E-state index is -0.163. The van der Waals surface area contributed by atoms with Crippen molar-refractivity contribution < 1.29 is 14.3 Å². The Morgan fingerprint density at radius 2 is 1.85 bits per heavy atom. The summed E-state index contributed by atoms with van der Waals surface area (Å²) in [5.41, 5.74) is 2.93. The minimum absolute atomic E-state index is 0.0644. The quantitative estimate of drug-likeness (QED) is 0.778. The summed E-state index contributed by atoms with van der Waals surface area (Å²) in [5.74, 6) is -0.166. The van der Waals surface area contributed by atoms with Crippen LogP contribution in [0, 0.1) is 19.8 Å². The van der Waals surface area contributed by atoms with E-state index in [4.69, 9.17) is 4.74 Å². The van der Waals surface area contributed by atoms with Crippen LogP contribution < -0.4 is 0 Å². The first-order chi connectivity index (χ1) is 9.54. The molecule has 1 fully saturated rings. The summed E-state index contributed by atoms with van der Waals surface area (Å²) in [4.78, 5) is 25.8.